The molecule has 0 saturated heterocycles. The number of fused-ring (bicyclic) bond motifs is 1. The lowest BCUT2D eigenvalue weighted by atomic mass is 9.92. The summed E-state index contributed by atoms with van der Waals surface area (Å²) >= 11 is 0. The van der Waals surface area contributed by atoms with Crippen molar-refractivity contribution < 1.29 is 9.72 Å². The number of carbonyl (C=O) groups is 1. The minimum atomic E-state index is -0.744. The molecule has 1 fully saturated rings. The SMILES string of the molecule is N#CC1(NC(=O)CN2CCc3cc([N+](=O)[O-])ccc32)CCCCCC1. The van der Waals surface area contributed by atoms with E-state index in [1.54, 1.807) is 12.1 Å². The van der Waals surface area contributed by atoms with E-state index in [9.17, 15) is 20.2 Å². The minimum Gasteiger partial charge on any atom is -0.362 e. The maximum absolute atomic E-state index is 12.5. The number of nitrogens with zero attached hydrogens (tertiary/aromatic N) is 3. The first-order valence-corrected chi connectivity index (χ1v) is 8.77. The summed E-state index contributed by atoms with van der Waals surface area (Å²) in [5, 5.41) is 23.4. The highest BCUT2D eigenvalue weighted by Crippen LogP contribution is 2.31. The smallest absolute Gasteiger partial charge is 0.269 e. The Kier molecular flexibility index (Phi) is 4.88. The van der Waals surface area contributed by atoms with E-state index in [-0.39, 0.29) is 18.1 Å². The molecular formula is C18H22N4O3. The van der Waals surface area contributed by atoms with Crippen LogP contribution in [0.3, 0.4) is 0 Å². The normalized spacial score (nSPS) is 18.8. The standard InChI is InChI=1S/C18H22N4O3/c19-13-18(8-3-1-2-4-9-18)20-17(23)12-21-10-7-14-11-15(22(24)25)5-6-16(14)21/h5-6,11H,1-4,7-10,12H2,(H,20,23). The number of nitrogens with one attached hydrogen (secondary N) is 1. The summed E-state index contributed by atoms with van der Waals surface area (Å²) in [4.78, 5) is 24.9. The first-order valence-electron chi connectivity index (χ1n) is 8.77. The number of hydrogen-bond donors (Lipinski definition) is 1. The number of benzene rings is 1. The van der Waals surface area contributed by atoms with Crippen LogP contribution in [0.4, 0.5) is 11.4 Å². The molecule has 1 heterocycles. The van der Waals surface area contributed by atoms with Crippen molar-refractivity contribution in [3.8, 4) is 6.07 Å². The molecule has 1 aromatic rings. The first-order chi connectivity index (χ1) is 12.0. The molecule has 0 bridgehead atoms. The number of nitro benzene ring substituents is 1. The molecule has 0 aromatic heterocycles. The molecular weight excluding hydrogens is 320 g/mol. The minimum absolute atomic E-state index is 0.0759. The Morgan fingerprint density at radius 1 is 1.32 bits per heavy atom. The van der Waals surface area contributed by atoms with Gasteiger partial charge in [0.05, 0.1) is 17.5 Å². The van der Waals surface area contributed by atoms with Crippen LogP contribution in [0.2, 0.25) is 0 Å². The van der Waals surface area contributed by atoms with Crippen molar-refractivity contribution in [2.24, 2.45) is 0 Å². The van der Waals surface area contributed by atoms with Crippen molar-refractivity contribution in [3.05, 3.63) is 33.9 Å². The molecule has 1 aromatic carbocycles. The Balaban J connectivity index is 1.67. The third kappa shape index (κ3) is 3.73. The Hall–Kier alpha value is -2.62. The van der Waals surface area contributed by atoms with Crippen LogP contribution >= 0.6 is 0 Å². The molecule has 1 saturated carbocycles. The number of amides is 1. The number of anilines is 1. The molecule has 1 amide bonds. The molecule has 2 aliphatic rings. The Morgan fingerprint density at radius 3 is 2.68 bits per heavy atom. The van der Waals surface area contributed by atoms with Gasteiger partial charge in [-0.2, -0.15) is 5.26 Å². The summed E-state index contributed by atoms with van der Waals surface area (Å²) < 4.78 is 0. The van der Waals surface area contributed by atoms with Crippen molar-refractivity contribution in [1.82, 2.24) is 5.32 Å². The van der Waals surface area contributed by atoms with Crippen LogP contribution < -0.4 is 10.2 Å². The Morgan fingerprint density at radius 2 is 2.04 bits per heavy atom. The lowest BCUT2D eigenvalue weighted by molar-refractivity contribution is -0.384. The molecule has 1 aliphatic heterocycles. The van der Waals surface area contributed by atoms with Gasteiger partial charge < -0.3 is 10.2 Å². The molecule has 0 radical (unpaired) electrons. The first kappa shape index (κ1) is 17.2. The molecule has 0 unspecified atom stereocenters. The van der Waals surface area contributed by atoms with Gasteiger partial charge in [0.15, 0.2) is 0 Å². The van der Waals surface area contributed by atoms with E-state index in [1.807, 2.05) is 4.90 Å². The summed E-state index contributed by atoms with van der Waals surface area (Å²) in [6.45, 7) is 0.831. The zero-order valence-electron chi connectivity index (χ0n) is 14.2. The molecule has 1 aliphatic carbocycles. The molecule has 25 heavy (non-hydrogen) atoms. The van der Waals surface area contributed by atoms with Crippen molar-refractivity contribution in [3.63, 3.8) is 0 Å². The van der Waals surface area contributed by atoms with Crippen LogP contribution in [-0.2, 0) is 11.2 Å². The second-order valence-electron chi connectivity index (χ2n) is 6.90. The van der Waals surface area contributed by atoms with Crippen LogP contribution in [0.1, 0.15) is 44.1 Å². The maximum Gasteiger partial charge on any atom is 0.269 e. The van der Waals surface area contributed by atoms with Gasteiger partial charge in [-0.25, -0.2) is 0 Å². The van der Waals surface area contributed by atoms with E-state index in [0.29, 0.717) is 25.8 Å². The molecule has 1 N–H and O–H groups in total. The predicted octanol–water partition coefficient (Wildman–Crippen LogP) is 2.69. The highest BCUT2D eigenvalue weighted by molar-refractivity contribution is 5.83. The topological polar surface area (TPSA) is 99.3 Å². The van der Waals surface area contributed by atoms with Gasteiger partial charge in [0, 0.05) is 24.4 Å². The second-order valence-corrected chi connectivity index (χ2v) is 6.90. The van der Waals surface area contributed by atoms with E-state index in [0.717, 1.165) is 36.9 Å². The summed E-state index contributed by atoms with van der Waals surface area (Å²) in [5.74, 6) is -0.158. The molecule has 132 valence electrons. The van der Waals surface area contributed by atoms with Gasteiger partial charge in [-0.05, 0) is 30.9 Å². The summed E-state index contributed by atoms with van der Waals surface area (Å²) in [6.07, 6.45) is 6.24. The largest absolute Gasteiger partial charge is 0.362 e. The fraction of sp³-hybridized carbons (Fsp3) is 0.556. The van der Waals surface area contributed by atoms with Crippen LogP contribution in [0.15, 0.2) is 18.2 Å². The molecule has 0 spiro atoms. The number of carbonyl (C=O) groups excluding carboxylic acids is 1. The van der Waals surface area contributed by atoms with E-state index < -0.39 is 10.5 Å². The van der Waals surface area contributed by atoms with Crippen LogP contribution in [0.25, 0.3) is 0 Å². The Labute approximate surface area is 146 Å². The fourth-order valence-corrected chi connectivity index (χ4v) is 3.81. The lowest BCUT2D eigenvalue weighted by Crippen LogP contribution is -2.50. The summed E-state index contributed by atoms with van der Waals surface area (Å²) in [7, 11) is 0. The van der Waals surface area contributed by atoms with Crippen LogP contribution in [0, 0.1) is 21.4 Å². The zero-order valence-corrected chi connectivity index (χ0v) is 14.2. The average Bonchev–Trinajstić information content (AvgIpc) is 2.84. The van der Waals surface area contributed by atoms with E-state index in [4.69, 9.17) is 0 Å². The highest BCUT2D eigenvalue weighted by Gasteiger charge is 2.33. The second kappa shape index (κ2) is 7.09. The quantitative estimate of drug-likeness (QED) is 0.515. The van der Waals surface area contributed by atoms with Gasteiger partial charge >= 0.3 is 0 Å². The van der Waals surface area contributed by atoms with Crippen LogP contribution in [0.5, 0.6) is 0 Å². The molecule has 7 nitrogen and oxygen atoms in total. The monoisotopic (exact) mass is 342 g/mol. The molecule has 7 heteroatoms. The molecule has 0 atom stereocenters. The van der Waals surface area contributed by atoms with Crippen molar-refractivity contribution >= 4 is 17.3 Å². The zero-order chi connectivity index (χ0) is 17.9. The fourth-order valence-electron chi connectivity index (χ4n) is 3.81. The Bertz CT molecular complexity index is 718. The van der Waals surface area contributed by atoms with Gasteiger partial charge in [0.2, 0.25) is 5.91 Å². The summed E-state index contributed by atoms with van der Waals surface area (Å²) in [5.41, 5.74) is 1.09. The predicted molar refractivity (Wildman–Crippen MR) is 93.2 cm³/mol. The average molecular weight is 342 g/mol. The van der Waals surface area contributed by atoms with Gasteiger partial charge in [-0.15, -0.1) is 0 Å². The number of nitriles is 1. The number of rotatable bonds is 4. The molecule has 3 rings (SSSR count). The van der Waals surface area contributed by atoms with Crippen LogP contribution in [-0.4, -0.2) is 29.5 Å². The summed E-state index contributed by atoms with van der Waals surface area (Å²) in [6, 6.07) is 7.08. The third-order valence-electron chi connectivity index (χ3n) is 5.15. The van der Waals surface area contributed by atoms with E-state index in [2.05, 4.69) is 11.4 Å². The van der Waals surface area contributed by atoms with Gasteiger partial charge in [0.1, 0.15) is 5.54 Å². The number of hydrogen-bond acceptors (Lipinski definition) is 5. The van der Waals surface area contributed by atoms with E-state index in [1.165, 1.54) is 6.07 Å². The van der Waals surface area contributed by atoms with Gasteiger partial charge in [0.25, 0.3) is 5.69 Å². The van der Waals surface area contributed by atoms with Gasteiger partial charge in [-0.3, -0.25) is 14.9 Å². The van der Waals surface area contributed by atoms with E-state index >= 15 is 0 Å². The van der Waals surface area contributed by atoms with Crippen molar-refractivity contribution in [2.45, 2.75) is 50.5 Å². The van der Waals surface area contributed by atoms with Gasteiger partial charge in [-0.1, -0.05) is 25.7 Å². The third-order valence-corrected chi connectivity index (χ3v) is 5.15. The maximum atomic E-state index is 12.5. The van der Waals surface area contributed by atoms with Crippen molar-refractivity contribution in [1.29, 1.82) is 5.26 Å². The number of nitro groups is 1. The lowest BCUT2D eigenvalue weighted by Gasteiger charge is -2.28. The van der Waals surface area contributed by atoms with Crippen molar-refractivity contribution in [2.75, 3.05) is 18.0 Å². The highest BCUT2D eigenvalue weighted by atomic mass is 16.6. The number of non-ortho nitro benzene ring substituents is 1.